The van der Waals surface area contributed by atoms with Gasteiger partial charge in [-0.2, -0.15) is 0 Å². The van der Waals surface area contributed by atoms with Gasteiger partial charge in [-0.1, -0.05) is 13.3 Å². The summed E-state index contributed by atoms with van der Waals surface area (Å²) in [5.41, 5.74) is 1.06. The Hall–Kier alpha value is -2.11. The van der Waals surface area contributed by atoms with E-state index in [2.05, 4.69) is 6.92 Å². The molecule has 6 nitrogen and oxygen atoms in total. The number of carbonyl (C=O) groups excluding carboxylic acids is 1. The van der Waals surface area contributed by atoms with Crippen LogP contribution in [-0.4, -0.2) is 41.9 Å². The molecule has 1 aromatic carbocycles. The first-order chi connectivity index (χ1) is 11.1. The average molecular weight is 319 g/mol. The van der Waals surface area contributed by atoms with Gasteiger partial charge in [0, 0.05) is 37.8 Å². The summed E-state index contributed by atoms with van der Waals surface area (Å²) >= 11 is 0. The third kappa shape index (κ3) is 4.00. The zero-order valence-corrected chi connectivity index (χ0v) is 14.0. The van der Waals surface area contributed by atoms with E-state index in [1.807, 2.05) is 11.8 Å². The number of amides is 1. The van der Waals surface area contributed by atoms with Gasteiger partial charge in [0.15, 0.2) is 0 Å². The molecule has 0 saturated carbocycles. The molecule has 1 amide bonds. The highest BCUT2D eigenvalue weighted by molar-refractivity contribution is 5.95. The van der Waals surface area contributed by atoms with Crippen LogP contribution in [0.5, 0.6) is 0 Å². The van der Waals surface area contributed by atoms with E-state index in [9.17, 15) is 14.9 Å². The van der Waals surface area contributed by atoms with Gasteiger partial charge in [-0.05, 0) is 38.3 Å². The first-order valence-corrected chi connectivity index (χ1v) is 8.41. The largest absolute Gasteiger partial charge is 0.366 e. The number of nitrogens with zero attached hydrogens (tertiary/aromatic N) is 3. The summed E-state index contributed by atoms with van der Waals surface area (Å²) in [4.78, 5) is 27.4. The number of anilines is 1. The number of carbonyl (C=O) groups is 1. The van der Waals surface area contributed by atoms with E-state index in [-0.39, 0.29) is 16.5 Å². The van der Waals surface area contributed by atoms with Gasteiger partial charge in [0.05, 0.1) is 4.92 Å². The van der Waals surface area contributed by atoms with Gasteiger partial charge in [-0.3, -0.25) is 14.9 Å². The molecular formula is C17H25N3O3. The van der Waals surface area contributed by atoms with Crippen LogP contribution in [0.3, 0.4) is 0 Å². The van der Waals surface area contributed by atoms with Crippen molar-refractivity contribution >= 4 is 17.3 Å². The molecule has 1 fully saturated rings. The Labute approximate surface area is 137 Å². The molecule has 2 rings (SSSR count). The first-order valence-electron chi connectivity index (χ1n) is 8.41. The van der Waals surface area contributed by atoms with Crippen LogP contribution in [-0.2, 0) is 0 Å². The van der Waals surface area contributed by atoms with Gasteiger partial charge in [-0.15, -0.1) is 0 Å². The summed E-state index contributed by atoms with van der Waals surface area (Å²) < 4.78 is 0. The van der Waals surface area contributed by atoms with E-state index < -0.39 is 0 Å². The summed E-state index contributed by atoms with van der Waals surface area (Å²) in [6.07, 6.45) is 4.06. The van der Waals surface area contributed by atoms with Crippen molar-refractivity contribution in [3.05, 3.63) is 33.9 Å². The molecule has 0 spiro atoms. The Morgan fingerprint density at radius 1 is 1.30 bits per heavy atom. The molecule has 0 atom stereocenters. The Balaban J connectivity index is 2.27. The van der Waals surface area contributed by atoms with E-state index in [4.69, 9.17) is 0 Å². The maximum absolute atomic E-state index is 12.6. The molecule has 6 heteroatoms. The third-order valence-electron chi connectivity index (χ3n) is 4.32. The number of hydrogen-bond donors (Lipinski definition) is 0. The fraction of sp³-hybridized carbons (Fsp3) is 0.588. The van der Waals surface area contributed by atoms with Gasteiger partial charge in [0.25, 0.3) is 11.6 Å². The highest BCUT2D eigenvalue weighted by Gasteiger charge is 2.25. The standard InChI is InChI=1S/C17H25N3O3/c1-3-5-10-18(4-2)17(21)14-8-9-15(16(13-14)20(22)23)19-11-6-7-12-19/h8-9,13H,3-7,10-12H2,1-2H3. The summed E-state index contributed by atoms with van der Waals surface area (Å²) in [5, 5.41) is 11.4. The minimum absolute atomic E-state index is 0.0318. The summed E-state index contributed by atoms with van der Waals surface area (Å²) in [5.74, 6) is -0.128. The molecule has 126 valence electrons. The fourth-order valence-electron chi connectivity index (χ4n) is 2.96. The second-order valence-corrected chi connectivity index (χ2v) is 5.89. The van der Waals surface area contributed by atoms with Crippen LogP contribution in [0, 0.1) is 10.1 Å². The molecule has 1 aromatic rings. The van der Waals surface area contributed by atoms with Crippen molar-refractivity contribution in [3.63, 3.8) is 0 Å². The number of nitro benzene ring substituents is 1. The Morgan fingerprint density at radius 3 is 2.57 bits per heavy atom. The monoisotopic (exact) mass is 319 g/mol. The zero-order chi connectivity index (χ0) is 16.8. The molecule has 0 radical (unpaired) electrons. The predicted molar refractivity (Wildman–Crippen MR) is 91.0 cm³/mol. The smallest absolute Gasteiger partial charge is 0.293 e. The number of benzene rings is 1. The second-order valence-electron chi connectivity index (χ2n) is 5.89. The van der Waals surface area contributed by atoms with Gasteiger partial charge in [-0.25, -0.2) is 0 Å². The Morgan fingerprint density at radius 2 is 2.00 bits per heavy atom. The van der Waals surface area contributed by atoms with Gasteiger partial charge < -0.3 is 9.80 Å². The molecule has 1 aliphatic rings. The Kier molecular flexibility index (Phi) is 5.96. The van der Waals surface area contributed by atoms with E-state index in [0.717, 1.165) is 38.8 Å². The van der Waals surface area contributed by atoms with Crippen molar-refractivity contribution in [2.24, 2.45) is 0 Å². The third-order valence-corrected chi connectivity index (χ3v) is 4.32. The first kappa shape index (κ1) is 17.2. The SMILES string of the molecule is CCCCN(CC)C(=O)c1ccc(N2CCCC2)c([N+](=O)[O-])c1. The number of rotatable bonds is 7. The lowest BCUT2D eigenvalue weighted by molar-refractivity contribution is -0.384. The van der Waals surface area contributed by atoms with Gasteiger partial charge >= 0.3 is 0 Å². The van der Waals surface area contributed by atoms with Crippen molar-refractivity contribution in [3.8, 4) is 0 Å². The Bertz CT molecular complexity index is 568. The van der Waals surface area contributed by atoms with Crippen LogP contribution in [0.15, 0.2) is 18.2 Å². The van der Waals surface area contributed by atoms with Crippen LogP contribution in [0.2, 0.25) is 0 Å². The van der Waals surface area contributed by atoms with E-state index in [1.165, 1.54) is 6.07 Å². The van der Waals surface area contributed by atoms with Gasteiger partial charge in [0.2, 0.25) is 0 Å². The molecular weight excluding hydrogens is 294 g/mol. The lowest BCUT2D eigenvalue weighted by Crippen LogP contribution is -2.31. The van der Waals surface area contributed by atoms with Crippen molar-refractivity contribution in [2.45, 2.75) is 39.5 Å². The highest BCUT2D eigenvalue weighted by Crippen LogP contribution is 2.32. The minimum Gasteiger partial charge on any atom is -0.366 e. The second kappa shape index (κ2) is 7.94. The number of hydrogen-bond acceptors (Lipinski definition) is 4. The van der Waals surface area contributed by atoms with Crippen LogP contribution < -0.4 is 4.90 Å². The maximum atomic E-state index is 12.6. The van der Waals surface area contributed by atoms with Crippen molar-refractivity contribution in [1.29, 1.82) is 0 Å². The molecule has 0 N–H and O–H groups in total. The molecule has 23 heavy (non-hydrogen) atoms. The zero-order valence-electron chi connectivity index (χ0n) is 14.0. The van der Waals surface area contributed by atoms with Crippen LogP contribution in [0.25, 0.3) is 0 Å². The molecule has 1 aliphatic heterocycles. The fourth-order valence-corrected chi connectivity index (χ4v) is 2.96. The molecule has 0 unspecified atom stereocenters. The van der Waals surface area contributed by atoms with Crippen molar-refractivity contribution in [1.82, 2.24) is 4.90 Å². The molecule has 1 saturated heterocycles. The quantitative estimate of drug-likeness (QED) is 0.570. The minimum atomic E-state index is -0.382. The summed E-state index contributed by atoms with van der Waals surface area (Å²) in [6, 6.07) is 4.88. The maximum Gasteiger partial charge on any atom is 0.293 e. The van der Waals surface area contributed by atoms with Crippen LogP contribution in [0.1, 0.15) is 49.9 Å². The van der Waals surface area contributed by atoms with E-state index >= 15 is 0 Å². The normalized spacial score (nSPS) is 14.1. The lowest BCUT2D eigenvalue weighted by Gasteiger charge is -2.22. The van der Waals surface area contributed by atoms with E-state index in [1.54, 1.807) is 17.0 Å². The molecule has 0 bridgehead atoms. The van der Waals surface area contributed by atoms with E-state index in [0.29, 0.717) is 24.3 Å². The average Bonchev–Trinajstić information content (AvgIpc) is 3.09. The van der Waals surface area contributed by atoms with Crippen molar-refractivity contribution in [2.75, 3.05) is 31.1 Å². The molecule has 0 aliphatic carbocycles. The van der Waals surface area contributed by atoms with Gasteiger partial charge in [0.1, 0.15) is 5.69 Å². The highest BCUT2D eigenvalue weighted by atomic mass is 16.6. The summed E-state index contributed by atoms with van der Waals surface area (Å²) in [6.45, 7) is 6.99. The molecule has 0 aromatic heterocycles. The lowest BCUT2D eigenvalue weighted by atomic mass is 10.1. The predicted octanol–water partition coefficient (Wildman–Crippen LogP) is 3.46. The topological polar surface area (TPSA) is 66.7 Å². The van der Waals surface area contributed by atoms with Crippen LogP contribution in [0.4, 0.5) is 11.4 Å². The summed E-state index contributed by atoms with van der Waals surface area (Å²) in [7, 11) is 0. The van der Waals surface area contributed by atoms with Crippen molar-refractivity contribution < 1.29 is 9.72 Å². The number of nitro groups is 1. The molecule has 1 heterocycles. The number of unbranched alkanes of at least 4 members (excludes halogenated alkanes) is 1. The van der Waals surface area contributed by atoms with Crippen LogP contribution >= 0.6 is 0 Å².